The first-order valence-electron chi connectivity index (χ1n) is 9.74. The molecule has 5 nitrogen and oxygen atoms in total. The Morgan fingerprint density at radius 3 is 2.62 bits per heavy atom. The van der Waals surface area contributed by atoms with Crippen LogP contribution in [0.25, 0.3) is 0 Å². The number of benzene rings is 1. The number of hydrogen-bond donors (Lipinski definition) is 0. The SMILES string of the molecule is CC(C)(C)OC(=O)N1CCC(Oc2cccc(Cc3ccc(Cl)c(F)c3)n2)CC1. The molecule has 0 aliphatic carbocycles. The third-order valence-electron chi connectivity index (χ3n) is 4.53. The van der Waals surface area contributed by atoms with Gasteiger partial charge in [0.25, 0.3) is 0 Å². The van der Waals surface area contributed by atoms with Gasteiger partial charge in [0.2, 0.25) is 5.88 Å². The van der Waals surface area contributed by atoms with Crippen molar-refractivity contribution < 1.29 is 18.7 Å². The Hall–Kier alpha value is -2.34. The Morgan fingerprint density at radius 1 is 1.24 bits per heavy atom. The van der Waals surface area contributed by atoms with E-state index in [1.165, 1.54) is 6.07 Å². The number of rotatable bonds is 4. The van der Waals surface area contributed by atoms with Crippen LogP contribution in [0.1, 0.15) is 44.9 Å². The highest BCUT2D eigenvalue weighted by molar-refractivity contribution is 6.30. The molecule has 1 aliphatic heterocycles. The molecule has 0 spiro atoms. The normalized spacial score (nSPS) is 15.3. The summed E-state index contributed by atoms with van der Waals surface area (Å²) >= 11 is 5.74. The van der Waals surface area contributed by atoms with Gasteiger partial charge in [0.15, 0.2) is 0 Å². The molecular formula is C22H26ClFN2O3. The van der Waals surface area contributed by atoms with E-state index < -0.39 is 11.4 Å². The van der Waals surface area contributed by atoms with Crippen molar-refractivity contribution in [2.75, 3.05) is 13.1 Å². The van der Waals surface area contributed by atoms with Crippen LogP contribution < -0.4 is 4.74 Å². The molecule has 3 rings (SSSR count). The number of ether oxygens (including phenoxy) is 2. The van der Waals surface area contributed by atoms with E-state index in [1.54, 1.807) is 17.0 Å². The van der Waals surface area contributed by atoms with Gasteiger partial charge in [0.05, 0.1) is 5.02 Å². The molecule has 0 saturated carbocycles. The molecule has 0 atom stereocenters. The fourth-order valence-corrected chi connectivity index (χ4v) is 3.25. The highest BCUT2D eigenvalue weighted by atomic mass is 35.5. The molecule has 29 heavy (non-hydrogen) atoms. The largest absolute Gasteiger partial charge is 0.474 e. The fourth-order valence-electron chi connectivity index (χ4n) is 3.13. The van der Waals surface area contributed by atoms with Crippen LogP contribution in [-0.2, 0) is 11.2 Å². The van der Waals surface area contributed by atoms with Gasteiger partial charge in [-0.25, -0.2) is 14.2 Å². The number of likely N-dealkylation sites (tertiary alicyclic amines) is 1. The lowest BCUT2D eigenvalue weighted by Gasteiger charge is -2.33. The molecule has 0 N–H and O–H groups in total. The summed E-state index contributed by atoms with van der Waals surface area (Å²) in [6.45, 7) is 6.75. The van der Waals surface area contributed by atoms with E-state index in [1.807, 2.05) is 39.0 Å². The monoisotopic (exact) mass is 420 g/mol. The van der Waals surface area contributed by atoms with Gasteiger partial charge >= 0.3 is 6.09 Å². The number of halogens is 2. The number of aromatic nitrogens is 1. The van der Waals surface area contributed by atoms with E-state index in [-0.39, 0.29) is 17.2 Å². The van der Waals surface area contributed by atoms with E-state index in [4.69, 9.17) is 21.1 Å². The Bertz CT molecular complexity index is 861. The predicted molar refractivity (Wildman–Crippen MR) is 110 cm³/mol. The van der Waals surface area contributed by atoms with E-state index in [2.05, 4.69) is 4.98 Å². The molecule has 2 aromatic rings. The van der Waals surface area contributed by atoms with Gasteiger partial charge in [-0.15, -0.1) is 0 Å². The summed E-state index contributed by atoms with van der Waals surface area (Å²) in [6, 6.07) is 10.3. The third kappa shape index (κ3) is 6.32. The van der Waals surface area contributed by atoms with Crippen LogP contribution in [0.3, 0.4) is 0 Å². The highest BCUT2D eigenvalue weighted by Gasteiger charge is 2.27. The molecule has 0 radical (unpaired) electrons. The molecule has 1 aromatic heterocycles. The summed E-state index contributed by atoms with van der Waals surface area (Å²) in [5.74, 6) is 0.0981. The Balaban J connectivity index is 1.54. The highest BCUT2D eigenvalue weighted by Crippen LogP contribution is 2.21. The summed E-state index contributed by atoms with van der Waals surface area (Å²) < 4.78 is 25.1. The van der Waals surface area contributed by atoms with Gasteiger partial charge < -0.3 is 14.4 Å². The van der Waals surface area contributed by atoms with Crippen LogP contribution in [0.2, 0.25) is 5.02 Å². The van der Waals surface area contributed by atoms with Crippen molar-refractivity contribution in [3.05, 3.63) is 58.5 Å². The molecule has 7 heteroatoms. The zero-order valence-electron chi connectivity index (χ0n) is 17.0. The molecule has 1 aromatic carbocycles. The minimum atomic E-state index is -0.498. The Labute approximate surface area is 175 Å². The van der Waals surface area contributed by atoms with Crippen molar-refractivity contribution >= 4 is 17.7 Å². The van der Waals surface area contributed by atoms with Crippen molar-refractivity contribution in [3.8, 4) is 5.88 Å². The molecule has 1 amide bonds. The third-order valence-corrected chi connectivity index (χ3v) is 4.84. The summed E-state index contributed by atoms with van der Waals surface area (Å²) in [7, 11) is 0. The Morgan fingerprint density at radius 2 is 1.97 bits per heavy atom. The van der Waals surface area contributed by atoms with E-state index >= 15 is 0 Å². The number of piperidine rings is 1. The number of amides is 1. The van der Waals surface area contributed by atoms with Gasteiger partial charge in [-0.1, -0.05) is 23.7 Å². The first-order chi connectivity index (χ1) is 13.7. The van der Waals surface area contributed by atoms with E-state index in [0.717, 1.165) is 11.3 Å². The minimum absolute atomic E-state index is 0.00980. The van der Waals surface area contributed by atoms with Crippen LogP contribution >= 0.6 is 11.6 Å². The van der Waals surface area contributed by atoms with Crippen LogP contribution in [0, 0.1) is 5.82 Å². The minimum Gasteiger partial charge on any atom is -0.474 e. The van der Waals surface area contributed by atoms with Crippen molar-refractivity contribution in [2.45, 2.75) is 51.7 Å². The number of nitrogens with zero attached hydrogens (tertiary/aromatic N) is 2. The molecule has 2 heterocycles. The molecule has 1 fully saturated rings. The fraction of sp³-hybridized carbons (Fsp3) is 0.455. The lowest BCUT2D eigenvalue weighted by molar-refractivity contribution is 0.0123. The second kappa shape index (κ2) is 8.99. The quantitative estimate of drug-likeness (QED) is 0.678. The lowest BCUT2D eigenvalue weighted by Crippen LogP contribution is -2.44. The zero-order chi connectivity index (χ0) is 21.0. The maximum Gasteiger partial charge on any atom is 0.410 e. The molecule has 0 unspecified atom stereocenters. The average Bonchev–Trinajstić information content (AvgIpc) is 2.64. The van der Waals surface area contributed by atoms with Gasteiger partial charge in [0, 0.05) is 44.1 Å². The predicted octanol–water partition coefficient (Wildman–Crippen LogP) is 5.24. The van der Waals surface area contributed by atoms with Crippen LogP contribution in [-0.4, -0.2) is 40.8 Å². The molecular weight excluding hydrogens is 395 g/mol. The molecule has 0 bridgehead atoms. The van der Waals surface area contributed by atoms with Gasteiger partial charge in [-0.05, 0) is 44.5 Å². The number of carbonyl (C=O) groups excluding carboxylic acids is 1. The van der Waals surface area contributed by atoms with Gasteiger partial charge in [0.1, 0.15) is 17.5 Å². The van der Waals surface area contributed by atoms with E-state index in [0.29, 0.717) is 38.2 Å². The summed E-state index contributed by atoms with van der Waals surface area (Å²) in [6.07, 6.45) is 1.62. The van der Waals surface area contributed by atoms with Crippen LogP contribution in [0.5, 0.6) is 5.88 Å². The van der Waals surface area contributed by atoms with Gasteiger partial charge in [-0.2, -0.15) is 0 Å². The second-order valence-corrected chi connectivity index (χ2v) is 8.58. The molecule has 156 valence electrons. The summed E-state index contributed by atoms with van der Waals surface area (Å²) in [4.78, 5) is 18.4. The first-order valence-corrected chi connectivity index (χ1v) is 10.1. The molecule has 1 aliphatic rings. The maximum absolute atomic E-state index is 13.6. The topological polar surface area (TPSA) is 51.7 Å². The van der Waals surface area contributed by atoms with Crippen molar-refractivity contribution in [1.29, 1.82) is 0 Å². The summed E-state index contributed by atoms with van der Waals surface area (Å²) in [5, 5.41) is 0.108. The molecule has 1 saturated heterocycles. The van der Waals surface area contributed by atoms with E-state index in [9.17, 15) is 9.18 Å². The van der Waals surface area contributed by atoms with Crippen molar-refractivity contribution in [1.82, 2.24) is 9.88 Å². The lowest BCUT2D eigenvalue weighted by atomic mass is 10.1. The van der Waals surface area contributed by atoms with Crippen LogP contribution in [0.4, 0.5) is 9.18 Å². The van der Waals surface area contributed by atoms with Crippen LogP contribution in [0.15, 0.2) is 36.4 Å². The van der Waals surface area contributed by atoms with Gasteiger partial charge in [-0.3, -0.25) is 0 Å². The Kier molecular flexibility index (Phi) is 6.63. The number of hydrogen-bond acceptors (Lipinski definition) is 4. The standard InChI is InChI=1S/C22H26ClFN2O3/c1-22(2,3)29-21(27)26-11-9-17(10-12-26)28-20-6-4-5-16(25-20)13-15-7-8-18(23)19(24)14-15/h4-8,14,17H,9-13H2,1-3H3. The second-order valence-electron chi connectivity index (χ2n) is 8.18. The smallest absolute Gasteiger partial charge is 0.410 e. The number of pyridine rings is 1. The number of carbonyl (C=O) groups is 1. The zero-order valence-corrected chi connectivity index (χ0v) is 17.7. The van der Waals surface area contributed by atoms with Crippen molar-refractivity contribution in [3.63, 3.8) is 0 Å². The average molecular weight is 421 g/mol. The first kappa shape index (κ1) is 21.4. The maximum atomic E-state index is 13.6. The van der Waals surface area contributed by atoms with Crippen molar-refractivity contribution in [2.24, 2.45) is 0 Å². The summed E-state index contributed by atoms with van der Waals surface area (Å²) in [5.41, 5.74) is 1.08.